The molecular weight excluding hydrogens is 380 g/mol. The summed E-state index contributed by atoms with van der Waals surface area (Å²) in [5, 5.41) is 33.0. The van der Waals surface area contributed by atoms with Crippen molar-refractivity contribution in [3.63, 3.8) is 0 Å². The highest BCUT2D eigenvalue weighted by Crippen LogP contribution is 2.46. The minimum atomic E-state index is -2.29. The molecule has 2 rings (SSSR count). The smallest absolute Gasteiger partial charge is 0.318 e. The third-order valence-corrected chi connectivity index (χ3v) is 3.40. The van der Waals surface area contributed by atoms with Crippen molar-refractivity contribution in [3.8, 4) is 5.75 Å². The molecule has 1 heterocycles. The lowest BCUT2D eigenvalue weighted by molar-refractivity contribution is -0.434. The maximum Gasteiger partial charge on any atom is 0.318 e. The molecule has 0 amide bonds. The molecule has 1 aromatic rings. The SMILES string of the molecule is O=[N+]([O-])C1=Cc2cc([N+](=O)[O-])cc([N+](=O)[O-])c2O[C@H]1C(Cl)(Cl)Cl. The van der Waals surface area contributed by atoms with Crippen molar-refractivity contribution in [1.82, 2.24) is 0 Å². The van der Waals surface area contributed by atoms with Crippen LogP contribution in [0.5, 0.6) is 5.75 Å². The number of hydrogen-bond acceptors (Lipinski definition) is 7. The Kier molecular flexibility index (Phi) is 4.33. The molecule has 13 heteroatoms. The van der Waals surface area contributed by atoms with E-state index in [1.54, 1.807) is 0 Å². The molecular formula is C10H4Cl3N3O7. The second kappa shape index (κ2) is 5.80. The summed E-state index contributed by atoms with van der Waals surface area (Å²) in [6.07, 6.45) is -0.888. The fourth-order valence-electron chi connectivity index (χ4n) is 1.89. The molecule has 122 valence electrons. The van der Waals surface area contributed by atoms with E-state index in [0.717, 1.165) is 12.1 Å². The van der Waals surface area contributed by atoms with Crippen LogP contribution in [0.4, 0.5) is 11.4 Å². The summed E-state index contributed by atoms with van der Waals surface area (Å²) in [6.45, 7) is 0. The van der Waals surface area contributed by atoms with Crippen LogP contribution < -0.4 is 4.74 Å². The number of ether oxygens (including phenoxy) is 1. The third-order valence-electron chi connectivity index (χ3n) is 2.81. The second-order valence-corrected chi connectivity index (χ2v) is 6.63. The number of rotatable bonds is 3. The third kappa shape index (κ3) is 3.28. The second-order valence-electron chi connectivity index (χ2n) is 4.26. The lowest BCUT2D eigenvalue weighted by Crippen LogP contribution is -2.38. The monoisotopic (exact) mass is 383 g/mol. The van der Waals surface area contributed by atoms with Gasteiger partial charge in [-0.25, -0.2) is 0 Å². The predicted molar refractivity (Wildman–Crippen MR) is 79.4 cm³/mol. The van der Waals surface area contributed by atoms with E-state index < -0.39 is 47.5 Å². The Morgan fingerprint density at radius 2 is 1.61 bits per heavy atom. The average molecular weight is 385 g/mol. The predicted octanol–water partition coefficient (Wildman–Crippen LogP) is 3.25. The Labute approximate surface area is 141 Å². The topological polar surface area (TPSA) is 139 Å². The molecule has 0 bridgehead atoms. The number of nitrogens with zero attached hydrogens (tertiary/aromatic N) is 3. The van der Waals surface area contributed by atoms with Gasteiger partial charge in [0.1, 0.15) is 0 Å². The van der Waals surface area contributed by atoms with Crippen molar-refractivity contribution >= 4 is 52.3 Å². The first-order valence-electron chi connectivity index (χ1n) is 5.58. The van der Waals surface area contributed by atoms with Gasteiger partial charge in [0.25, 0.3) is 11.4 Å². The minimum absolute atomic E-state index is 0.233. The molecule has 0 spiro atoms. The summed E-state index contributed by atoms with van der Waals surface area (Å²) >= 11 is 16.8. The van der Waals surface area contributed by atoms with Crippen LogP contribution in [0.1, 0.15) is 5.56 Å². The molecule has 10 nitrogen and oxygen atoms in total. The standard InChI is InChI=1S/C10H4Cl3N3O7/c11-10(12,13)9-7(16(21)22)2-4-1-5(14(17)18)3-6(15(19)20)8(4)23-9/h1-3,9H/t9-/m1/s1. The molecule has 0 N–H and O–H groups in total. The van der Waals surface area contributed by atoms with Crippen LogP contribution in [0, 0.1) is 30.3 Å². The van der Waals surface area contributed by atoms with Gasteiger partial charge in [-0.3, -0.25) is 30.3 Å². The van der Waals surface area contributed by atoms with Crippen molar-refractivity contribution in [1.29, 1.82) is 0 Å². The van der Waals surface area contributed by atoms with Crippen LogP contribution >= 0.6 is 34.8 Å². The first-order chi connectivity index (χ1) is 10.5. The molecule has 23 heavy (non-hydrogen) atoms. The Morgan fingerprint density at radius 3 is 2.04 bits per heavy atom. The normalized spacial score (nSPS) is 16.8. The number of nitro benzene ring substituents is 2. The molecule has 1 aromatic carbocycles. The zero-order valence-electron chi connectivity index (χ0n) is 10.6. The zero-order valence-corrected chi connectivity index (χ0v) is 12.9. The molecule has 0 fully saturated rings. The molecule has 0 unspecified atom stereocenters. The highest BCUT2D eigenvalue weighted by atomic mass is 35.6. The molecule has 1 atom stereocenters. The van der Waals surface area contributed by atoms with Gasteiger partial charge < -0.3 is 4.74 Å². The van der Waals surface area contributed by atoms with E-state index in [-0.39, 0.29) is 5.56 Å². The summed E-state index contributed by atoms with van der Waals surface area (Å²) in [7, 11) is 0. The molecule has 0 aromatic heterocycles. The van der Waals surface area contributed by atoms with Crippen molar-refractivity contribution in [2.24, 2.45) is 0 Å². The van der Waals surface area contributed by atoms with Gasteiger partial charge in [-0.2, -0.15) is 0 Å². The van der Waals surface area contributed by atoms with Gasteiger partial charge in [0.2, 0.25) is 15.6 Å². The van der Waals surface area contributed by atoms with Gasteiger partial charge in [0.15, 0.2) is 0 Å². The fourth-order valence-corrected chi connectivity index (χ4v) is 2.36. The molecule has 1 aliphatic rings. The number of benzene rings is 1. The number of non-ortho nitro benzene ring substituents is 1. The largest absolute Gasteiger partial charge is 0.467 e. The first kappa shape index (κ1) is 17.2. The van der Waals surface area contributed by atoms with E-state index in [0.29, 0.717) is 6.07 Å². The highest BCUT2D eigenvalue weighted by molar-refractivity contribution is 6.68. The summed E-state index contributed by atoms with van der Waals surface area (Å²) in [6, 6.07) is 1.54. The number of nitro groups is 3. The van der Waals surface area contributed by atoms with E-state index in [4.69, 9.17) is 39.5 Å². The van der Waals surface area contributed by atoms with Gasteiger partial charge in [0.05, 0.1) is 20.8 Å². The summed E-state index contributed by atoms with van der Waals surface area (Å²) in [5.74, 6) is -0.456. The number of halogens is 3. The number of hydrogen-bond donors (Lipinski definition) is 0. The molecule has 0 saturated carbocycles. The van der Waals surface area contributed by atoms with Crippen LogP contribution in [0.2, 0.25) is 0 Å². The van der Waals surface area contributed by atoms with Crippen molar-refractivity contribution in [2.75, 3.05) is 0 Å². The van der Waals surface area contributed by atoms with Crippen LogP contribution in [0.15, 0.2) is 17.8 Å². The minimum Gasteiger partial charge on any atom is -0.467 e. The van der Waals surface area contributed by atoms with E-state index in [1.165, 1.54) is 0 Å². The Morgan fingerprint density at radius 1 is 1.00 bits per heavy atom. The lowest BCUT2D eigenvalue weighted by Gasteiger charge is -2.26. The van der Waals surface area contributed by atoms with Crippen LogP contribution in [0.25, 0.3) is 6.08 Å². The summed E-state index contributed by atoms with van der Waals surface area (Å²) in [4.78, 5) is 30.2. The Hall–Kier alpha value is -2.17. The van der Waals surface area contributed by atoms with E-state index >= 15 is 0 Å². The maximum atomic E-state index is 11.1. The molecule has 0 radical (unpaired) electrons. The van der Waals surface area contributed by atoms with Gasteiger partial charge in [-0.1, -0.05) is 34.8 Å². The van der Waals surface area contributed by atoms with Gasteiger partial charge in [0, 0.05) is 17.7 Å². The zero-order chi connectivity index (χ0) is 17.5. The van der Waals surface area contributed by atoms with Gasteiger partial charge in [-0.05, 0) is 0 Å². The summed E-state index contributed by atoms with van der Waals surface area (Å²) in [5.41, 5.74) is -2.34. The molecule has 0 aliphatic carbocycles. The lowest BCUT2D eigenvalue weighted by atomic mass is 10.1. The highest BCUT2D eigenvalue weighted by Gasteiger charge is 2.48. The summed E-state index contributed by atoms with van der Waals surface area (Å²) < 4.78 is 2.84. The Balaban J connectivity index is 2.74. The van der Waals surface area contributed by atoms with E-state index in [2.05, 4.69) is 0 Å². The van der Waals surface area contributed by atoms with Gasteiger partial charge in [-0.15, -0.1) is 0 Å². The van der Waals surface area contributed by atoms with Crippen molar-refractivity contribution in [3.05, 3.63) is 53.7 Å². The fraction of sp³-hybridized carbons (Fsp3) is 0.200. The number of fused-ring (bicyclic) bond motifs is 1. The van der Waals surface area contributed by atoms with Crippen LogP contribution in [0.3, 0.4) is 0 Å². The Bertz CT molecular complexity index is 759. The first-order valence-corrected chi connectivity index (χ1v) is 6.72. The quantitative estimate of drug-likeness (QED) is 0.442. The average Bonchev–Trinajstić information content (AvgIpc) is 2.43. The maximum absolute atomic E-state index is 11.1. The van der Waals surface area contributed by atoms with Crippen molar-refractivity contribution < 1.29 is 19.5 Å². The van der Waals surface area contributed by atoms with Gasteiger partial charge >= 0.3 is 5.69 Å². The molecule has 0 saturated heterocycles. The van der Waals surface area contributed by atoms with E-state index in [9.17, 15) is 30.3 Å². The molecule has 1 aliphatic heterocycles. The van der Waals surface area contributed by atoms with E-state index in [1.807, 2.05) is 0 Å². The van der Waals surface area contributed by atoms with Crippen LogP contribution in [-0.4, -0.2) is 24.7 Å². The van der Waals surface area contributed by atoms with Crippen LogP contribution in [-0.2, 0) is 0 Å². The van der Waals surface area contributed by atoms with Crippen molar-refractivity contribution in [2.45, 2.75) is 9.90 Å². The number of alkyl halides is 3.